The van der Waals surface area contributed by atoms with Gasteiger partial charge < -0.3 is 9.47 Å². The second-order valence-corrected chi connectivity index (χ2v) is 9.72. The fourth-order valence-electron chi connectivity index (χ4n) is 4.39. The van der Waals surface area contributed by atoms with E-state index in [1.165, 1.54) is 18.4 Å². The molecule has 1 aliphatic heterocycles. The second kappa shape index (κ2) is 10.2. The third-order valence-corrected chi connectivity index (χ3v) is 7.40. The molecular weight excluding hydrogens is 496 g/mol. The van der Waals surface area contributed by atoms with Gasteiger partial charge in [-0.2, -0.15) is 0 Å². The van der Waals surface area contributed by atoms with E-state index >= 15 is 0 Å². The molecule has 0 saturated carbocycles. The molecule has 0 N–H and O–H groups in total. The average molecular weight is 519 g/mol. The molecule has 0 bridgehead atoms. The van der Waals surface area contributed by atoms with Crippen molar-refractivity contribution in [3.05, 3.63) is 114 Å². The summed E-state index contributed by atoms with van der Waals surface area (Å²) >= 11 is 7.87. The molecule has 0 aliphatic carbocycles. The lowest BCUT2D eigenvalue weighted by Crippen LogP contribution is -2.40. The van der Waals surface area contributed by atoms with Gasteiger partial charge in [0.15, 0.2) is 4.80 Å². The molecule has 0 amide bonds. The normalized spacial score (nSPS) is 15.6. The van der Waals surface area contributed by atoms with Gasteiger partial charge in [-0.3, -0.25) is 9.36 Å². The van der Waals surface area contributed by atoms with E-state index in [1.54, 1.807) is 17.6 Å². The van der Waals surface area contributed by atoms with Crippen LogP contribution < -0.4 is 14.9 Å². The third-order valence-electron chi connectivity index (χ3n) is 6.07. The summed E-state index contributed by atoms with van der Waals surface area (Å²) in [5.41, 5.74) is 2.09. The molecule has 4 aromatic rings. The second-order valence-electron chi connectivity index (χ2n) is 8.30. The van der Waals surface area contributed by atoms with Crippen molar-refractivity contribution < 1.29 is 14.3 Å². The maximum atomic E-state index is 13.8. The van der Waals surface area contributed by atoms with Gasteiger partial charge in [0.05, 0.1) is 22.4 Å². The van der Waals surface area contributed by atoms with Crippen LogP contribution in [-0.2, 0) is 14.3 Å². The van der Waals surface area contributed by atoms with E-state index in [-0.39, 0.29) is 24.3 Å². The molecule has 0 saturated heterocycles. The number of hydrogen-bond acceptors (Lipinski definition) is 6. The number of carbonyl (C=O) groups is 1. The number of hydrogen-bond donors (Lipinski definition) is 0. The molecular formula is C28H23ClN2O4S. The van der Waals surface area contributed by atoms with Gasteiger partial charge in [-0.25, -0.2) is 9.79 Å². The number of thiazole rings is 1. The van der Waals surface area contributed by atoms with Crippen LogP contribution in [0.4, 0.5) is 0 Å². The summed E-state index contributed by atoms with van der Waals surface area (Å²) in [5.74, 6) is -0.554. The van der Waals surface area contributed by atoms with Crippen LogP contribution in [0.3, 0.4) is 0 Å². The van der Waals surface area contributed by atoms with Crippen LogP contribution in [0.15, 0.2) is 87.8 Å². The molecule has 8 heteroatoms. The standard InChI is InChI=1S/C28H23ClN2O4S/c1-17-24(27(33)35-15-14-34-2)25(21-12-5-6-13-22(21)29)31-26(32)23(36-28(31)30-17)16-19-10-7-9-18-8-3-4-11-20(18)19/h3-13,16,25H,14-15H2,1-2H3/b23-16-/t25-/m1/s1. The summed E-state index contributed by atoms with van der Waals surface area (Å²) in [6, 6.07) is 20.5. The van der Waals surface area contributed by atoms with Crippen LogP contribution in [0.2, 0.25) is 5.02 Å². The van der Waals surface area contributed by atoms with E-state index in [0.29, 0.717) is 25.6 Å². The summed E-state index contributed by atoms with van der Waals surface area (Å²) in [6.07, 6.45) is 1.88. The Morgan fingerprint density at radius 3 is 2.64 bits per heavy atom. The molecule has 3 aromatic carbocycles. The van der Waals surface area contributed by atoms with Crippen molar-refractivity contribution >= 4 is 45.8 Å². The number of carbonyl (C=O) groups excluding carboxylic acids is 1. The number of ether oxygens (including phenoxy) is 2. The first kappa shape index (κ1) is 24.2. The monoisotopic (exact) mass is 518 g/mol. The molecule has 6 nitrogen and oxygen atoms in total. The zero-order valence-corrected chi connectivity index (χ0v) is 21.3. The van der Waals surface area contributed by atoms with E-state index in [9.17, 15) is 9.59 Å². The van der Waals surface area contributed by atoms with Crippen LogP contribution in [0.1, 0.15) is 24.1 Å². The third kappa shape index (κ3) is 4.41. The quantitative estimate of drug-likeness (QED) is 0.283. The van der Waals surface area contributed by atoms with Crippen molar-refractivity contribution in [3.8, 4) is 0 Å². The van der Waals surface area contributed by atoms with Crippen molar-refractivity contribution in [2.45, 2.75) is 13.0 Å². The smallest absolute Gasteiger partial charge is 0.338 e. The number of methoxy groups -OCH3 is 1. The molecule has 5 rings (SSSR count). The number of aromatic nitrogens is 1. The van der Waals surface area contributed by atoms with Gasteiger partial charge in [0.1, 0.15) is 12.6 Å². The van der Waals surface area contributed by atoms with Gasteiger partial charge in [-0.1, -0.05) is 83.6 Å². The molecule has 36 heavy (non-hydrogen) atoms. The predicted molar refractivity (Wildman–Crippen MR) is 142 cm³/mol. The summed E-state index contributed by atoms with van der Waals surface area (Å²) in [5, 5.41) is 2.58. The zero-order valence-electron chi connectivity index (χ0n) is 19.7. The molecule has 0 unspecified atom stereocenters. The first-order valence-electron chi connectivity index (χ1n) is 11.4. The Bertz CT molecular complexity index is 1680. The number of fused-ring (bicyclic) bond motifs is 2. The first-order valence-corrected chi connectivity index (χ1v) is 12.6. The van der Waals surface area contributed by atoms with Crippen LogP contribution >= 0.6 is 22.9 Å². The fourth-order valence-corrected chi connectivity index (χ4v) is 5.66. The van der Waals surface area contributed by atoms with Crippen molar-refractivity contribution in [1.29, 1.82) is 0 Å². The highest BCUT2D eigenvalue weighted by atomic mass is 35.5. The topological polar surface area (TPSA) is 69.9 Å². The largest absolute Gasteiger partial charge is 0.460 e. The van der Waals surface area contributed by atoms with Crippen molar-refractivity contribution in [2.24, 2.45) is 4.99 Å². The predicted octanol–water partition coefficient (Wildman–Crippen LogP) is 4.23. The van der Waals surface area contributed by atoms with E-state index in [2.05, 4.69) is 4.99 Å². The Labute approximate surface area is 216 Å². The van der Waals surface area contributed by atoms with Crippen LogP contribution in [0.25, 0.3) is 16.8 Å². The molecule has 0 radical (unpaired) electrons. The average Bonchev–Trinajstić information content (AvgIpc) is 3.18. The van der Waals surface area contributed by atoms with Gasteiger partial charge in [0.2, 0.25) is 0 Å². The molecule has 182 valence electrons. The van der Waals surface area contributed by atoms with Gasteiger partial charge in [-0.05, 0) is 41.0 Å². The van der Waals surface area contributed by atoms with Crippen LogP contribution in [0.5, 0.6) is 0 Å². The van der Waals surface area contributed by atoms with Crippen LogP contribution in [-0.4, -0.2) is 30.9 Å². The Hall–Kier alpha value is -3.52. The van der Waals surface area contributed by atoms with Crippen LogP contribution in [0, 0.1) is 0 Å². The number of nitrogens with zero attached hydrogens (tertiary/aromatic N) is 2. The number of rotatable bonds is 6. The Morgan fingerprint density at radius 1 is 1.08 bits per heavy atom. The highest BCUT2D eigenvalue weighted by Gasteiger charge is 2.34. The lowest BCUT2D eigenvalue weighted by atomic mass is 9.96. The molecule has 1 aliphatic rings. The minimum Gasteiger partial charge on any atom is -0.460 e. The fraction of sp³-hybridized carbons (Fsp3) is 0.179. The molecule has 0 fully saturated rings. The summed E-state index contributed by atoms with van der Waals surface area (Å²) < 4.78 is 12.5. The molecule has 1 aromatic heterocycles. The molecule has 1 atom stereocenters. The Morgan fingerprint density at radius 2 is 1.83 bits per heavy atom. The number of halogens is 1. The van der Waals surface area contributed by atoms with Gasteiger partial charge >= 0.3 is 5.97 Å². The van der Waals surface area contributed by atoms with Gasteiger partial charge in [-0.15, -0.1) is 0 Å². The maximum Gasteiger partial charge on any atom is 0.338 e. The lowest BCUT2D eigenvalue weighted by molar-refractivity contribution is -0.140. The Balaban J connectivity index is 1.71. The highest BCUT2D eigenvalue weighted by Crippen LogP contribution is 2.34. The minimum atomic E-state index is -0.764. The maximum absolute atomic E-state index is 13.8. The number of benzene rings is 3. The van der Waals surface area contributed by atoms with E-state index in [1.807, 2.05) is 66.7 Å². The van der Waals surface area contributed by atoms with Crippen molar-refractivity contribution in [1.82, 2.24) is 4.57 Å². The van der Waals surface area contributed by atoms with E-state index in [0.717, 1.165) is 16.3 Å². The number of allylic oxidation sites excluding steroid dienone is 1. The summed E-state index contributed by atoms with van der Waals surface area (Å²) in [6.45, 7) is 2.10. The van der Waals surface area contributed by atoms with Crippen molar-refractivity contribution in [3.63, 3.8) is 0 Å². The first-order chi connectivity index (χ1) is 17.5. The molecule has 0 spiro atoms. The summed E-state index contributed by atoms with van der Waals surface area (Å²) in [4.78, 5) is 32.1. The Kier molecular flexibility index (Phi) is 6.87. The minimum absolute atomic E-state index is 0.0901. The van der Waals surface area contributed by atoms with Gasteiger partial charge in [0, 0.05) is 12.1 Å². The SMILES string of the molecule is COCCOC(=O)C1=C(C)N=c2s/c(=C\c3cccc4ccccc34)c(=O)n2[C@@H]1c1ccccc1Cl. The van der Waals surface area contributed by atoms with E-state index in [4.69, 9.17) is 21.1 Å². The lowest BCUT2D eigenvalue weighted by Gasteiger charge is -2.25. The molecule has 2 heterocycles. The van der Waals surface area contributed by atoms with E-state index < -0.39 is 12.0 Å². The zero-order chi connectivity index (χ0) is 25.2. The number of esters is 1. The highest BCUT2D eigenvalue weighted by molar-refractivity contribution is 7.07. The van der Waals surface area contributed by atoms with Crippen molar-refractivity contribution in [2.75, 3.05) is 20.3 Å². The van der Waals surface area contributed by atoms with Gasteiger partial charge in [0.25, 0.3) is 5.56 Å². The summed E-state index contributed by atoms with van der Waals surface area (Å²) in [7, 11) is 1.53.